The summed E-state index contributed by atoms with van der Waals surface area (Å²) in [4.78, 5) is 0.259. The van der Waals surface area contributed by atoms with Crippen molar-refractivity contribution in [2.45, 2.75) is 0 Å². The van der Waals surface area contributed by atoms with Crippen molar-refractivity contribution in [3.63, 3.8) is 0 Å². The van der Waals surface area contributed by atoms with Crippen LogP contribution in [0, 0.1) is 0 Å². The second kappa shape index (κ2) is 3.71. The molecule has 0 atom stereocenters. The molecular formula is C7H7ClN2OS. The summed E-state index contributed by atoms with van der Waals surface area (Å²) in [5, 5.41) is 9.80. The third-order valence-corrected chi connectivity index (χ3v) is 1.91. The number of phenolic OH excluding ortho intramolecular Hbond substituents is 1. The molecule has 5 heteroatoms. The number of nitrogens with two attached hydrogens (primary N) is 1. The van der Waals surface area contributed by atoms with Gasteiger partial charge >= 0.3 is 0 Å². The zero-order valence-corrected chi connectivity index (χ0v) is 7.62. The molecule has 0 fully saturated rings. The lowest BCUT2D eigenvalue weighted by atomic mass is 10.2. The van der Waals surface area contributed by atoms with Gasteiger partial charge in [0.05, 0.1) is 5.56 Å². The molecule has 1 rings (SSSR count). The highest BCUT2D eigenvalue weighted by molar-refractivity contribution is 7.80. The Morgan fingerprint density at radius 2 is 2.25 bits per heavy atom. The summed E-state index contributed by atoms with van der Waals surface area (Å²) in [6, 6.07) is 4.57. The predicted molar refractivity (Wildman–Crippen MR) is 52.1 cm³/mol. The molecular weight excluding hydrogens is 196 g/mol. The molecule has 0 aliphatic heterocycles. The van der Waals surface area contributed by atoms with Crippen molar-refractivity contribution in [2.24, 2.45) is 5.84 Å². The van der Waals surface area contributed by atoms with E-state index in [4.69, 9.17) is 29.7 Å². The number of benzene rings is 1. The smallest absolute Gasteiger partial charge is 0.125 e. The van der Waals surface area contributed by atoms with Gasteiger partial charge in [0.25, 0.3) is 0 Å². The number of hydrogen-bond acceptors (Lipinski definition) is 3. The second-order valence-electron chi connectivity index (χ2n) is 2.13. The fraction of sp³-hybridized carbons (Fsp3) is 0. The van der Waals surface area contributed by atoms with Crippen molar-refractivity contribution in [3.05, 3.63) is 28.8 Å². The maximum atomic E-state index is 9.29. The molecule has 0 bridgehead atoms. The van der Waals surface area contributed by atoms with Gasteiger partial charge in [-0.25, -0.2) is 5.84 Å². The van der Waals surface area contributed by atoms with E-state index in [0.717, 1.165) is 0 Å². The van der Waals surface area contributed by atoms with Crippen LogP contribution in [0.4, 0.5) is 0 Å². The van der Waals surface area contributed by atoms with Gasteiger partial charge in [-0.15, -0.1) is 0 Å². The van der Waals surface area contributed by atoms with Gasteiger partial charge in [0, 0.05) is 5.02 Å². The first-order valence-electron chi connectivity index (χ1n) is 3.14. The highest BCUT2D eigenvalue weighted by atomic mass is 35.5. The van der Waals surface area contributed by atoms with Crippen molar-refractivity contribution in [1.29, 1.82) is 0 Å². The lowest BCUT2D eigenvalue weighted by Crippen LogP contribution is -2.29. The number of halogens is 1. The molecule has 0 unspecified atom stereocenters. The van der Waals surface area contributed by atoms with E-state index in [0.29, 0.717) is 10.6 Å². The summed E-state index contributed by atoms with van der Waals surface area (Å²) in [7, 11) is 0. The number of rotatable bonds is 1. The molecule has 0 aliphatic carbocycles. The first-order chi connectivity index (χ1) is 5.65. The summed E-state index contributed by atoms with van der Waals surface area (Å²) in [5.74, 6) is 5.14. The average molecular weight is 203 g/mol. The monoisotopic (exact) mass is 202 g/mol. The fourth-order valence-corrected chi connectivity index (χ4v) is 1.10. The van der Waals surface area contributed by atoms with E-state index in [1.807, 2.05) is 0 Å². The maximum Gasteiger partial charge on any atom is 0.125 e. The number of aromatic hydroxyl groups is 1. The molecule has 0 aromatic heterocycles. The van der Waals surface area contributed by atoms with Crippen LogP contribution in [-0.2, 0) is 0 Å². The summed E-state index contributed by atoms with van der Waals surface area (Å²) in [5.41, 5.74) is 2.69. The van der Waals surface area contributed by atoms with Gasteiger partial charge in [-0.3, -0.25) is 0 Å². The molecule has 0 spiro atoms. The van der Waals surface area contributed by atoms with E-state index in [1.165, 1.54) is 6.07 Å². The lowest BCUT2D eigenvalue weighted by molar-refractivity contribution is 0.474. The van der Waals surface area contributed by atoms with Gasteiger partial charge in [0.1, 0.15) is 10.7 Å². The van der Waals surface area contributed by atoms with E-state index in [9.17, 15) is 5.11 Å². The first-order valence-corrected chi connectivity index (χ1v) is 3.93. The highest BCUT2D eigenvalue weighted by Crippen LogP contribution is 2.21. The fourth-order valence-electron chi connectivity index (χ4n) is 0.768. The molecule has 3 nitrogen and oxygen atoms in total. The lowest BCUT2D eigenvalue weighted by Gasteiger charge is -2.04. The third kappa shape index (κ3) is 1.85. The summed E-state index contributed by atoms with van der Waals surface area (Å²) < 4.78 is 0. The van der Waals surface area contributed by atoms with Crippen LogP contribution in [0.2, 0.25) is 5.02 Å². The van der Waals surface area contributed by atoms with Crippen LogP contribution in [0.25, 0.3) is 0 Å². The minimum atomic E-state index is 0.0577. The van der Waals surface area contributed by atoms with E-state index in [2.05, 4.69) is 5.43 Å². The Balaban J connectivity index is 3.13. The Bertz CT molecular complexity index is 316. The second-order valence-corrected chi connectivity index (χ2v) is 2.98. The van der Waals surface area contributed by atoms with Gasteiger partial charge in [-0.2, -0.15) is 0 Å². The van der Waals surface area contributed by atoms with Crippen LogP contribution in [-0.4, -0.2) is 10.1 Å². The maximum absolute atomic E-state index is 9.29. The van der Waals surface area contributed by atoms with Crippen LogP contribution in [0.3, 0.4) is 0 Å². The predicted octanol–water partition coefficient (Wildman–Crippen LogP) is 1.18. The Morgan fingerprint density at radius 3 is 2.83 bits per heavy atom. The van der Waals surface area contributed by atoms with Gasteiger partial charge in [-0.05, 0) is 18.2 Å². The largest absolute Gasteiger partial charge is 0.507 e. The normalized spacial score (nSPS) is 9.50. The summed E-state index contributed by atoms with van der Waals surface area (Å²) in [6.45, 7) is 0. The Kier molecular flexibility index (Phi) is 2.86. The van der Waals surface area contributed by atoms with E-state index in [1.54, 1.807) is 12.1 Å². The van der Waals surface area contributed by atoms with Crippen LogP contribution in [0.15, 0.2) is 18.2 Å². The molecule has 0 heterocycles. The van der Waals surface area contributed by atoms with E-state index in [-0.39, 0.29) is 10.7 Å². The van der Waals surface area contributed by atoms with Crippen LogP contribution in [0.5, 0.6) is 5.75 Å². The molecule has 0 amide bonds. The van der Waals surface area contributed by atoms with Gasteiger partial charge in [-0.1, -0.05) is 23.8 Å². The molecule has 1 aromatic rings. The Morgan fingerprint density at radius 1 is 1.58 bits per heavy atom. The molecule has 12 heavy (non-hydrogen) atoms. The van der Waals surface area contributed by atoms with E-state index >= 15 is 0 Å². The molecule has 1 aromatic carbocycles. The van der Waals surface area contributed by atoms with Gasteiger partial charge < -0.3 is 10.5 Å². The molecule has 0 aliphatic rings. The van der Waals surface area contributed by atoms with Gasteiger partial charge in [0.2, 0.25) is 0 Å². The molecule has 0 saturated carbocycles. The van der Waals surface area contributed by atoms with Crippen molar-refractivity contribution in [3.8, 4) is 5.75 Å². The van der Waals surface area contributed by atoms with Crippen molar-refractivity contribution >= 4 is 28.8 Å². The SMILES string of the molecule is NNC(=S)c1cc(Cl)ccc1O. The number of phenols is 1. The van der Waals surface area contributed by atoms with Gasteiger partial charge in [0.15, 0.2) is 0 Å². The molecule has 4 N–H and O–H groups in total. The van der Waals surface area contributed by atoms with Crippen molar-refractivity contribution in [2.75, 3.05) is 0 Å². The molecule has 0 saturated heterocycles. The quantitative estimate of drug-likeness (QED) is 0.364. The standard InChI is InChI=1S/C7H7ClN2OS/c8-4-1-2-6(11)5(3-4)7(12)10-9/h1-3,11H,9H2,(H,10,12). The van der Waals surface area contributed by atoms with Crippen molar-refractivity contribution < 1.29 is 5.11 Å². The number of thiocarbonyl (C=S) groups is 1. The summed E-state index contributed by atoms with van der Waals surface area (Å²) in [6.07, 6.45) is 0. The number of hydrogen-bond donors (Lipinski definition) is 3. The third-order valence-electron chi connectivity index (χ3n) is 1.33. The highest BCUT2D eigenvalue weighted by Gasteiger charge is 2.05. The molecule has 64 valence electrons. The van der Waals surface area contributed by atoms with Crippen LogP contribution < -0.4 is 11.3 Å². The van der Waals surface area contributed by atoms with Crippen LogP contribution in [0.1, 0.15) is 5.56 Å². The zero-order valence-electron chi connectivity index (χ0n) is 6.04. The summed E-state index contributed by atoms with van der Waals surface area (Å²) >= 11 is 10.5. The number of hydrazine groups is 1. The average Bonchev–Trinajstić information content (AvgIpc) is 2.08. The minimum Gasteiger partial charge on any atom is -0.507 e. The zero-order chi connectivity index (χ0) is 9.14. The number of nitrogens with one attached hydrogen (secondary N) is 1. The topological polar surface area (TPSA) is 58.3 Å². The Labute approximate surface area is 80.1 Å². The first kappa shape index (κ1) is 9.25. The van der Waals surface area contributed by atoms with Crippen LogP contribution >= 0.6 is 23.8 Å². The minimum absolute atomic E-state index is 0.0577. The molecule has 0 radical (unpaired) electrons. The van der Waals surface area contributed by atoms with Crippen molar-refractivity contribution in [1.82, 2.24) is 5.43 Å². The van der Waals surface area contributed by atoms with E-state index < -0.39 is 0 Å². The Hall–Kier alpha value is -0.840.